The first-order chi connectivity index (χ1) is 6.20. The zero-order valence-electron chi connectivity index (χ0n) is 6.57. The fourth-order valence-electron chi connectivity index (χ4n) is 1.17. The molecule has 0 atom stereocenters. The molecule has 0 fully saturated rings. The van der Waals surface area contributed by atoms with Crippen LogP contribution in [0.3, 0.4) is 0 Å². The van der Waals surface area contributed by atoms with Crippen molar-refractivity contribution < 1.29 is 4.79 Å². The van der Waals surface area contributed by atoms with Crippen molar-refractivity contribution in [3.63, 3.8) is 0 Å². The maximum Gasteiger partial charge on any atom is 0.252 e. The van der Waals surface area contributed by atoms with E-state index in [1.54, 1.807) is 28.9 Å². The highest BCUT2D eigenvalue weighted by Gasteiger charge is 2.09. The van der Waals surface area contributed by atoms with Crippen molar-refractivity contribution in [3.05, 3.63) is 35.2 Å². The second-order valence-corrected chi connectivity index (χ2v) is 2.94. The molecular weight excluding hydrogens is 190 g/mol. The van der Waals surface area contributed by atoms with Gasteiger partial charge in [-0.3, -0.25) is 9.20 Å². The molecule has 0 aliphatic carbocycles. The number of aromatic nitrogens is 2. The summed E-state index contributed by atoms with van der Waals surface area (Å²) in [5, 5.41) is 0.498. The van der Waals surface area contributed by atoms with Crippen LogP contribution in [0.15, 0.2) is 24.5 Å². The third-order valence-corrected chi connectivity index (χ3v) is 2.07. The Kier molecular flexibility index (Phi) is 1.70. The number of halogens is 1. The molecule has 13 heavy (non-hydrogen) atoms. The first kappa shape index (κ1) is 8.07. The van der Waals surface area contributed by atoms with E-state index in [9.17, 15) is 4.79 Å². The molecule has 4 nitrogen and oxygen atoms in total. The molecule has 0 aromatic carbocycles. The van der Waals surface area contributed by atoms with Gasteiger partial charge in [-0.05, 0) is 12.1 Å². The number of nitrogens with zero attached hydrogens (tertiary/aromatic N) is 2. The molecule has 2 aromatic rings. The minimum Gasteiger partial charge on any atom is -0.365 e. The van der Waals surface area contributed by atoms with Crippen molar-refractivity contribution in [3.8, 4) is 0 Å². The minimum absolute atomic E-state index is 0.370. The molecule has 2 heterocycles. The van der Waals surface area contributed by atoms with Gasteiger partial charge in [0, 0.05) is 12.4 Å². The van der Waals surface area contributed by atoms with E-state index in [2.05, 4.69) is 4.98 Å². The number of carbonyl (C=O) groups excluding carboxylic acids is 1. The average molecular weight is 196 g/mol. The van der Waals surface area contributed by atoms with Crippen LogP contribution in [-0.2, 0) is 0 Å². The van der Waals surface area contributed by atoms with Crippen molar-refractivity contribution in [2.24, 2.45) is 5.73 Å². The maximum atomic E-state index is 10.9. The Morgan fingerprint density at radius 2 is 2.31 bits per heavy atom. The molecule has 0 aliphatic heterocycles. The third kappa shape index (κ3) is 1.15. The van der Waals surface area contributed by atoms with E-state index in [1.807, 2.05) is 0 Å². The number of hydrogen-bond acceptors (Lipinski definition) is 2. The molecule has 1 amide bonds. The predicted molar refractivity (Wildman–Crippen MR) is 48.7 cm³/mol. The van der Waals surface area contributed by atoms with Crippen LogP contribution in [0.2, 0.25) is 5.15 Å². The van der Waals surface area contributed by atoms with E-state index in [1.165, 1.54) is 0 Å². The SMILES string of the molecule is NC(=O)c1ccc(Cl)n2ccnc12. The van der Waals surface area contributed by atoms with E-state index in [-0.39, 0.29) is 0 Å². The average Bonchev–Trinajstić information content (AvgIpc) is 2.53. The Balaban J connectivity index is 2.86. The normalized spacial score (nSPS) is 10.5. The third-order valence-electron chi connectivity index (χ3n) is 1.76. The monoisotopic (exact) mass is 195 g/mol. The molecule has 2 N–H and O–H groups in total. The number of primary amides is 1. The lowest BCUT2D eigenvalue weighted by atomic mass is 10.2. The minimum atomic E-state index is -0.507. The lowest BCUT2D eigenvalue weighted by Crippen LogP contribution is -2.12. The number of nitrogens with two attached hydrogens (primary N) is 1. The molecule has 66 valence electrons. The van der Waals surface area contributed by atoms with Crippen LogP contribution in [0.25, 0.3) is 5.65 Å². The van der Waals surface area contributed by atoms with Gasteiger partial charge in [-0.1, -0.05) is 11.6 Å². The highest BCUT2D eigenvalue weighted by atomic mass is 35.5. The summed E-state index contributed by atoms with van der Waals surface area (Å²) in [5.74, 6) is -0.507. The molecule has 0 radical (unpaired) electrons. The molecule has 0 unspecified atom stereocenters. The summed E-state index contributed by atoms with van der Waals surface area (Å²) in [6.45, 7) is 0. The fourth-order valence-corrected chi connectivity index (χ4v) is 1.37. The van der Waals surface area contributed by atoms with Gasteiger partial charge >= 0.3 is 0 Å². The number of amides is 1. The summed E-state index contributed by atoms with van der Waals surface area (Å²) in [4.78, 5) is 14.9. The molecular formula is C8H6ClN3O. The van der Waals surface area contributed by atoms with Crippen molar-refractivity contribution in [2.45, 2.75) is 0 Å². The number of imidazole rings is 1. The van der Waals surface area contributed by atoms with Gasteiger partial charge in [0.2, 0.25) is 0 Å². The Morgan fingerprint density at radius 1 is 1.54 bits per heavy atom. The van der Waals surface area contributed by atoms with Gasteiger partial charge in [-0.2, -0.15) is 0 Å². The first-order valence-corrected chi connectivity index (χ1v) is 3.99. The molecule has 0 aliphatic rings. The second-order valence-electron chi connectivity index (χ2n) is 2.55. The van der Waals surface area contributed by atoms with Crippen molar-refractivity contribution in [1.29, 1.82) is 0 Å². The zero-order chi connectivity index (χ0) is 9.42. The lowest BCUT2D eigenvalue weighted by Gasteiger charge is -2.00. The molecule has 5 heteroatoms. The van der Waals surface area contributed by atoms with Crippen molar-refractivity contribution in [2.75, 3.05) is 0 Å². The molecule has 2 rings (SSSR count). The molecule has 2 aromatic heterocycles. The first-order valence-electron chi connectivity index (χ1n) is 3.61. The van der Waals surface area contributed by atoms with Gasteiger partial charge in [0.1, 0.15) is 5.15 Å². The van der Waals surface area contributed by atoms with Gasteiger partial charge in [-0.25, -0.2) is 4.98 Å². The topological polar surface area (TPSA) is 60.4 Å². The predicted octanol–water partition coefficient (Wildman–Crippen LogP) is 1.09. The number of pyridine rings is 1. The maximum absolute atomic E-state index is 10.9. The lowest BCUT2D eigenvalue weighted by molar-refractivity contribution is 0.100. The number of fused-ring (bicyclic) bond motifs is 1. The molecule has 0 saturated heterocycles. The number of hydrogen-bond donors (Lipinski definition) is 1. The smallest absolute Gasteiger partial charge is 0.252 e. The van der Waals surface area contributed by atoms with E-state index in [0.29, 0.717) is 16.4 Å². The van der Waals surface area contributed by atoms with Gasteiger partial charge in [-0.15, -0.1) is 0 Å². The van der Waals surface area contributed by atoms with Gasteiger partial charge in [0.25, 0.3) is 5.91 Å². The number of carbonyl (C=O) groups is 1. The number of rotatable bonds is 1. The summed E-state index contributed by atoms with van der Waals surface area (Å²) in [6, 6.07) is 3.17. The quantitative estimate of drug-likeness (QED) is 0.693. The van der Waals surface area contributed by atoms with Crippen LogP contribution in [0.1, 0.15) is 10.4 Å². The highest BCUT2D eigenvalue weighted by molar-refractivity contribution is 6.30. The largest absolute Gasteiger partial charge is 0.365 e. The van der Waals surface area contributed by atoms with Crippen molar-refractivity contribution in [1.82, 2.24) is 9.38 Å². The van der Waals surface area contributed by atoms with Crippen molar-refractivity contribution >= 4 is 23.2 Å². The fraction of sp³-hybridized carbons (Fsp3) is 0. The Hall–Kier alpha value is -1.55. The highest BCUT2D eigenvalue weighted by Crippen LogP contribution is 2.15. The van der Waals surface area contributed by atoms with Crippen LogP contribution in [0.4, 0.5) is 0 Å². The van der Waals surface area contributed by atoms with E-state index >= 15 is 0 Å². The van der Waals surface area contributed by atoms with Crippen LogP contribution in [0, 0.1) is 0 Å². The summed E-state index contributed by atoms with van der Waals surface area (Å²) < 4.78 is 1.60. The Bertz CT molecular complexity index is 477. The van der Waals surface area contributed by atoms with Gasteiger partial charge in [0.15, 0.2) is 5.65 Å². The van der Waals surface area contributed by atoms with E-state index in [0.717, 1.165) is 0 Å². The van der Waals surface area contributed by atoms with Crippen LogP contribution >= 0.6 is 11.6 Å². The van der Waals surface area contributed by atoms with Crippen LogP contribution < -0.4 is 5.73 Å². The second kappa shape index (κ2) is 2.74. The van der Waals surface area contributed by atoms with Crippen LogP contribution in [0.5, 0.6) is 0 Å². The zero-order valence-corrected chi connectivity index (χ0v) is 7.32. The van der Waals surface area contributed by atoms with Gasteiger partial charge < -0.3 is 5.73 Å². The standard InChI is InChI=1S/C8H6ClN3O/c9-6-2-1-5(7(10)13)8-11-3-4-12(6)8/h1-4H,(H2,10,13). The summed E-state index contributed by atoms with van der Waals surface area (Å²) in [5.41, 5.74) is 6.01. The van der Waals surface area contributed by atoms with E-state index < -0.39 is 5.91 Å². The Morgan fingerprint density at radius 3 is 3.00 bits per heavy atom. The van der Waals surface area contributed by atoms with Crippen LogP contribution in [-0.4, -0.2) is 15.3 Å². The van der Waals surface area contributed by atoms with E-state index in [4.69, 9.17) is 17.3 Å². The summed E-state index contributed by atoms with van der Waals surface area (Å²) >= 11 is 5.85. The molecule has 0 saturated carbocycles. The Labute approximate surface area is 78.9 Å². The van der Waals surface area contributed by atoms with Gasteiger partial charge in [0.05, 0.1) is 5.56 Å². The molecule has 0 bridgehead atoms. The summed E-state index contributed by atoms with van der Waals surface area (Å²) in [7, 11) is 0. The molecule has 0 spiro atoms. The summed E-state index contributed by atoms with van der Waals surface area (Å²) in [6.07, 6.45) is 3.23.